The average molecular weight is 471 g/mol. The van der Waals surface area contributed by atoms with Crippen molar-refractivity contribution < 1.29 is 23.2 Å². The minimum Gasteiger partial charge on any atom is -0.493 e. The Kier molecular flexibility index (Phi) is 5.17. The molecule has 2 amide bonds. The third-order valence-corrected chi connectivity index (χ3v) is 6.75. The molecule has 5 rings (SSSR count). The van der Waals surface area contributed by atoms with Gasteiger partial charge in [-0.15, -0.1) is 4.36 Å². The Labute approximate surface area is 190 Å². The number of nitrogens with one attached hydrogen (secondary N) is 1. The summed E-state index contributed by atoms with van der Waals surface area (Å²) >= 11 is 0. The van der Waals surface area contributed by atoms with E-state index in [0.29, 0.717) is 36.9 Å². The van der Waals surface area contributed by atoms with Crippen LogP contribution < -0.4 is 24.7 Å². The number of ether oxygens (including phenoxy) is 3. The highest BCUT2D eigenvalue weighted by Crippen LogP contribution is 2.40. The maximum absolute atomic E-state index is 13.2. The number of methoxy groups -OCH3 is 1. The Morgan fingerprint density at radius 3 is 3.06 bits per heavy atom. The number of nitrogens with two attached hydrogens (primary N) is 1. The summed E-state index contributed by atoms with van der Waals surface area (Å²) < 4.78 is 35.0. The van der Waals surface area contributed by atoms with Crippen molar-refractivity contribution in [3.63, 3.8) is 0 Å². The van der Waals surface area contributed by atoms with Crippen LogP contribution >= 0.6 is 0 Å². The van der Waals surface area contributed by atoms with E-state index in [2.05, 4.69) is 19.8 Å². The minimum atomic E-state index is -3.59. The quantitative estimate of drug-likeness (QED) is 0.596. The zero-order valence-corrected chi connectivity index (χ0v) is 18.8. The predicted octanol–water partition coefficient (Wildman–Crippen LogP) is 2.60. The van der Waals surface area contributed by atoms with Gasteiger partial charge in [0.1, 0.15) is 16.7 Å². The van der Waals surface area contributed by atoms with Gasteiger partial charge in [-0.2, -0.15) is 5.10 Å². The lowest BCUT2D eigenvalue weighted by molar-refractivity contribution is 0.248. The van der Waals surface area contributed by atoms with Crippen LogP contribution in [0.3, 0.4) is 0 Å². The van der Waals surface area contributed by atoms with Crippen molar-refractivity contribution >= 4 is 21.6 Å². The van der Waals surface area contributed by atoms with Gasteiger partial charge < -0.3 is 19.5 Å². The van der Waals surface area contributed by atoms with Gasteiger partial charge in [0.25, 0.3) is 0 Å². The van der Waals surface area contributed by atoms with E-state index in [9.17, 15) is 9.00 Å². The van der Waals surface area contributed by atoms with Crippen molar-refractivity contribution in [2.75, 3.05) is 19.0 Å². The van der Waals surface area contributed by atoms with Crippen LogP contribution in [0.25, 0.3) is 11.1 Å². The third kappa shape index (κ3) is 3.87. The molecule has 0 saturated carbocycles. The topological polar surface area (TPSA) is 143 Å². The van der Waals surface area contributed by atoms with E-state index in [-0.39, 0.29) is 16.9 Å². The number of hydrogen-bond acceptors (Lipinski definition) is 7. The van der Waals surface area contributed by atoms with Crippen molar-refractivity contribution in [3.8, 4) is 28.6 Å². The van der Waals surface area contributed by atoms with Gasteiger partial charge in [-0.3, -0.25) is 0 Å². The largest absolute Gasteiger partial charge is 0.493 e. The molecule has 2 atom stereocenters. The number of carbonyl (C=O) groups excluding carboxylic acids is 1. The number of urea groups is 1. The Bertz CT molecular complexity index is 1380. The first-order chi connectivity index (χ1) is 15.9. The number of rotatable bonds is 4. The monoisotopic (exact) mass is 470 g/mol. The normalized spacial score (nSPS) is 17.8. The summed E-state index contributed by atoms with van der Waals surface area (Å²) in [5, 5.41) is 12.9. The fourth-order valence-electron chi connectivity index (χ4n) is 3.93. The molecule has 3 N–H and O–H groups in total. The number of carbonyl (C=O) groups is 1. The summed E-state index contributed by atoms with van der Waals surface area (Å²) in [5.41, 5.74) is 2.82. The molecule has 0 aliphatic carbocycles. The lowest BCUT2D eigenvalue weighted by Gasteiger charge is -2.14. The Morgan fingerprint density at radius 2 is 2.24 bits per heavy atom. The lowest BCUT2D eigenvalue weighted by atomic mass is 9.99. The lowest BCUT2D eigenvalue weighted by Crippen LogP contribution is -2.19. The fourth-order valence-corrected chi connectivity index (χ4v) is 4.92. The molecule has 172 valence electrons. The van der Waals surface area contributed by atoms with E-state index in [1.807, 2.05) is 19.1 Å². The van der Waals surface area contributed by atoms with E-state index in [4.69, 9.17) is 19.3 Å². The molecule has 4 heterocycles. The first-order valence-corrected chi connectivity index (χ1v) is 11.8. The first kappa shape index (κ1) is 21.2. The molecule has 2 aliphatic heterocycles. The van der Waals surface area contributed by atoms with Crippen LogP contribution in [0.1, 0.15) is 12.5 Å². The highest BCUT2D eigenvalue weighted by atomic mass is 32.2. The number of aromatic nitrogens is 3. The summed E-state index contributed by atoms with van der Waals surface area (Å²) in [5.74, 6) is 1.37. The fraction of sp³-hybridized carbons (Fsp3) is 0.286. The molecule has 3 aromatic rings. The van der Waals surface area contributed by atoms with Gasteiger partial charge in [0.2, 0.25) is 11.8 Å². The SMILES string of the molecule is COc1cc(-c2ccc3c(c2NC(=O)N=[S@@](N)(=O)c2cnn4c2O[C@@H](C)C4)CCO3)ccn1. The third-order valence-electron chi connectivity index (χ3n) is 5.40. The standard InChI is InChI=1S/C21H22N6O5S/c1-12-11-27-20(32-12)17(10-24-27)33(22,29)26-21(28)25-19-14(3-4-16-15(19)6-8-31-16)13-5-7-23-18(9-13)30-2/h3-5,7,9-10,12H,6,8,11H2,1-2H3,(H3,22,25,26,28,29)/t12-,33+/m0/s1. The summed E-state index contributed by atoms with van der Waals surface area (Å²) in [6.07, 6.45) is 3.40. The van der Waals surface area contributed by atoms with Crippen molar-refractivity contribution in [2.24, 2.45) is 9.50 Å². The van der Waals surface area contributed by atoms with Crippen molar-refractivity contribution in [1.29, 1.82) is 0 Å². The van der Waals surface area contributed by atoms with E-state index in [1.54, 1.807) is 23.0 Å². The van der Waals surface area contributed by atoms with Crippen LogP contribution in [-0.2, 0) is 22.9 Å². The Morgan fingerprint density at radius 1 is 1.39 bits per heavy atom. The van der Waals surface area contributed by atoms with Crippen LogP contribution in [0.4, 0.5) is 10.5 Å². The van der Waals surface area contributed by atoms with Gasteiger partial charge in [0.05, 0.1) is 32.1 Å². The van der Waals surface area contributed by atoms with Crippen molar-refractivity contribution in [3.05, 3.63) is 42.2 Å². The van der Waals surface area contributed by atoms with Gasteiger partial charge in [0.15, 0.2) is 9.92 Å². The van der Waals surface area contributed by atoms with Crippen LogP contribution in [0, 0.1) is 0 Å². The van der Waals surface area contributed by atoms with Gasteiger partial charge in [-0.25, -0.2) is 23.8 Å². The molecular weight excluding hydrogens is 448 g/mol. The van der Waals surface area contributed by atoms with E-state index in [0.717, 1.165) is 16.7 Å². The summed E-state index contributed by atoms with van der Waals surface area (Å²) in [6.45, 7) is 2.85. The maximum atomic E-state index is 13.2. The summed E-state index contributed by atoms with van der Waals surface area (Å²) in [4.78, 5) is 17.1. The molecule has 1 aromatic carbocycles. The molecule has 0 bridgehead atoms. The molecule has 2 aromatic heterocycles. The smallest absolute Gasteiger partial charge is 0.354 e. The Hall–Kier alpha value is -3.64. The molecule has 33 heavy (non-hydrogen) atoms. The van der Waals surface area contributed by atoms with E-state index >= 15 is 0 Å². The number of pyridine rings is 1. The Balaban J connectivity index is 1.52. The number of hydrogen-bond donors (Lipinski definition) is 2. The zero-order valence-electron chi connectivity index (χ0n) is 18.0. The minimum absolute atomic E-state index is 0.0858. The number of anilines is 1. The number of nitrogens with zero attached hydrogens (tertiary/aromatic N) is 4. The zero-order chi connectivity index (χ0) is 23.2. The van der Waals surface area contributed by atoms with Crippen LogP contribution in [0.15, 0.2) is 45.9 Å². The molecule has 12 heteroatoms. The average Bonchev–Trinajstić information content (AvgIpc) is 3.49. The molecule has 0 radical (unpaired) electrons. The first-order valence-electron chi connectivity index (χ1n) is 10.2. The highest BCUT2D eigenvalue weighted by molar-refractivity contribution is 7.91. The number of fused-ring (bicyclic) bond motifs is 2. The second-order valence-corrected chi connectivity index (χ2v) is 9.42. The molecule has 0 unspecified atom stereocenters. The van der Waals surface area contributed by atoms with Crippen LogP contribution in [-0.4, -0.2) is 44.8 Å². The predicted molar refractivity (Wildman–Crippen MR) is 120 cm³/mol. The van der Waals surface area contributed by atoms with Crippen molar-refractivity contribution in [2.45, 2.75) is 30.9 Å². The van der Waals surface area contributed by atoms with Gasteiger partial charge in [0, 0.05) is 29.8 Å². The van der Waals surface area contributed by atoms with E-state index < -0.39 is 15.9 Å². The van der Waals surface area contributed by atoms with Gasteiger partial charge >= 0.3 is 6.03 Å². The summed E-state index contributed by atoms with van der Waals surface area (Å²) in [7, 11) is -2.07. The molecule has 11 nitrogen and oxygen atoms in total. The van der Waals surface area contributed by atoms with Crippen molar-refractivity contribution in [1.82, 2.24) is 14.8 Å². The highest BCUT2D eigenvalue weighted by Gasteiger charge is 2.29. The molecular formula is C21H22N6O5S. The van der Waals surface area contributed by atoms with Gasteiger partial charge in [-0.1, -0.05) is 0 Å². The molecule has 2 aliphatic rings. The summed E-state index contributed by atoms with van der Waals surface area (Å²) in [6, 6.07) is 6.38. The maximum Gasteiger partial charge on any atom is 0.354 e. The van der Waals surface area contributed by atoms with E-state index in [1.165, 1.54) is 13.3 Å². The number of benzene rings is 1. The van der Waals surface area contributed by atoms with Gasteiger partial charge in [-0.05, 0) is 30.7 Å². The second kappa shape index (κ2) is 8.05. The second-order valence-electron chi connectivity index (χ2n) is 7.66. The van der Waals surface area contributed by atoms with Crippen LogP contribution in [0.5, 0.6) is 17.5 Å². The molecule has 0 saturated heterocycles. The molecule has 0 fully saturated rings. The van der Waals surface area contributed by atoms with Crippen LogP contribution in [0.2, 0.25) is 0 Å². The molecule has 0 spiro atoms. The number of amides is 2.